The third-order valence-electron chi connectivity index (χ3n) is 1.78. The van der Waals surface area contributed by atoms with E-state index in [9.17, 15) is 4.79 Å². The molecule has 2 nitrogen and oxygen atoms in total. The zero-order valence-corrected chi connectivity index (χ0v) is 9.00. The van der Waals surface area contributed by atoms with E-state index >= 15 is 0 Å². The molecule has 0 rings (SSSR count). The predicted octanol–water partition coefficient (Wildman–Crippen LogP) is 2.70. The topological polar surface area (TPSA) is 37.3 Å². The minimum absolute atomic E-state index is 0.113. The van der Waals surface area contributed by atoms with Gasteiger partial charge in [0.25, 0.3) is 0 Å². The Morgan fingerprint density at radius 2 is 2.18 bits per heavy atom. The van der Waals surface area contributed by atoms with Gasteiger partial charge in [0, 0.05) is 0 Å². The summed E-state index contributed by atoms with van der Waals surface area (Å²) in [6, 6.07) is 0. The SMILES string of the molecule is CCC(CCCCI)C(=O)O. The smallest absolute Gasteiger partial charge is 0.306 e. The van der Waals surface area contributed by atoms with Gasteiger partial charge >= 0.3 is 5.97 Å². The molecule has 0 aliphatic carbocycles. The second kappa shape index (κ2) is 6.88. The van der Waals surface area contributed by atoms with Gasteiger partial charge in [0.2, 0.25) is 0 Å². The Balaban J connectivity index is 3.44. The number of hydrogen-bond donors (Lipinski definition) is 1. The lowest BCUT2D eigenvalue weighted by Crippen LogP contribution is -2.12. The maximum Gasteiger partial charge on any atom is 0.306 e. The molecule has 1 unspecified atom stereocenters. The van der Waals surface area contributed by atoms with Gasteiger partial charge in [-0.15, -0.1) is 0 Å². The van der Waals surface area contributed by atoms with E-state index in [-0.39, 0.29) is 5.92 Å². The van der Waals surface area contributed by atoms with Crippen LogP contribution in [0.25, 0.3) is 0 Å². The maximum atomic E-state index is 10.5. The lowest BCUT2D eigenvalue weighted by atomic mass is 10.00. The summed E-state index contributed by atoms with van der Waals surface area (Å²) in [6.45, 7) is 1.93. The number of hydrogen-bond acceptors (Lipinski definition) is 1. The van der Waals surface area contributed by atoms with Gasteiger partial charge in [-0.05, 0) is 23.7 Å². The predicted molar refractivity (Wildman–Crippen MR) is 54.2 cm³/mol. The highest BCUT2D eigenvalue weighted by Gasteiger charge is 2.13. The lowest BCUT2D eigenvalue weighted by molar-refractivity contribution is -0.142. The third-order valence-corrected chi connectivity index (χ3v) is 2.54. The molecule has 0 aromatic rings. The van der Waals surface area contributed by atoms with Crippen LogP contribution in [0.5, 0.6) is 0 Å². The highest BCUT2D eigenvalue weighted by Crippen LogP contribution is 2.12. The number of alkyl halides is 1. The number of halogens is 1. The Morgan fingerprint density at radius 1 is 1.55 bits per heavy atom. The Hall–Kier alpha value is 0.200. The Kier molecular flexibility index (Phi) is 7.01. The Bertz CT molecular complexity index is 115. The molecular weight excluding hydrogens is 255 g/mol. The number of rotatable bonds is 6. The summed E-state index contributed by atoms with van der Waals surface area (Å²) >= 11 is 2.32. The zero-order valence-electron chi connectivity index (χ0n) is 6.85. The van der Waals surface area contributed by atoms with Gasteiger partial charge in [-0.2, -0.15) is 0 Å². The third kappa shape index (κ3) is 5.47. The number of carboxylic acid groups (broad SMARTS) is 1. The lowest BCUT2D eigenvalue weighted by Gasteiger charge is -2.07. The molecule has 3 heteroatoms. The van der Waals surface area contributed by atoms with Gasteiger partial charge in [-0.1, -0.05) is 35.9 Å². The molecule has 66 valence electrons. The van der Waals surface area contributed by atoms with Crippen molar-refractivity contribution in [2.45, 2.75) is 32.6 Å². The van der Waals surface area contributed by atoms with Crippen LogP contribution >= 0.6 is 22.6 Å². The summed E-state index contributed by atoms with van der Waals surface area (Å²) in [5.41, 5.74) is 0. The van der Waals surface area contributed by atoms with Crippen LogP contribution in [0.3, 0.4) is 0 Å². The number of unbranched alkanes of at least 4 members (excludes halogenated alkanes) is 1. The van der Waals surface area contributed by atoms with Crippen LogP contribution in [0, 0.1) is 5.92 Å². The van der Waals surface area contributed by atoms with Crippen LogP contribution in [0.2, 0.25) is 0 Å². The first-order chi connectivity index (χ1) is 5.22. The van der Waals surface area contributed by atoms with Gasteiger partial charge in [0.1, 0.15) is 0 Å². The normalized spacial score (nSPS) is 12.9. The molecule has 0 aromatic heterocycles. The van der Waals surface area contributed by atoms with E-state index in [0.717, 1.165) is 30.1 Å². The van der Waals surface area contributed by atoms with E-state index in [4.69, 9.17) is 5.11 Å². The summed E-state index contributed by atoms with van der Waals surface area (Å²) in [7, 11) is 0. The second-order valence-corrected chi connectivity index (χ2v) is 3.71. The quantitative estimate of drug-likeness (QED) is 0.457. The van der Waals surface area contributed by atoms with E-state index in [1.165, 1.54) is 0 Å². The largest absolute Gasteiger partial charge is 0.481 e. The molecule has 1 N–H and O–H groups in total. The number of aliphatic carboxylic acids is 1. The van der Waals surface area contributed by atoms with Crippen LogP contribution in [0.1, 0.15) is 32.6 Å². The van der Waals surface area contributed by atoms with Crippen molar-refractivity contribution in [1.82, 2.24) is 0 Å². The first-order valence-corrected chi connectivity index (χ1v) is 5.53. The fourth-order valence-corrected chi connectivity index (χ4v) is 1.53. The molecule has 1 atom stereocenters. The van der Waals surface area contributed by atoms with Crippen LogP contribution in [-0.2, 0) is 4.79 Å². The van der Waals surface area contributed by atoms with Crippen LogP contribution in [-0.4, -0.2) is 15.5 Å². The summed E-state index contributed by atoms with van der Waals surface area (Å²) in [5.74, 6) is -0.751. The molecule has 0 aromatic carbocycles. The van der Waals surface area contributed by atoms with Crippen LogP contribution in [0.15, 0.2) is 0 Å². The first-order valence-electron chi connectivity index (χ1n) is 4.01. The standard InChI is InChI=1S/C8H15IO2/c1-2-7(8(10)11)5-3-4-6-9/h7H,2-6H2,1H3,(H,10,11). The minimum Gasteiger partial charge on any atom is -0.481 e. The van der Waals surface area contributed by atoms with Crippen molar-refractivity contribution >= 4 is 28.6 Å². The Labute approximate surface area is 81.5 Å². The highest BCUT2D eigenvalue weighted by molar-refractivity contribution is 14.1. The fraction of sp³-hybridized carbons (Fsp3) is 0.875. The average Bonchev–Trinajstić information content (AvgIpc) is 1.97. The molecule has 0 fully saturated rings. The van der Waals surface area contributed by atoms with Gasteiger partial charge in [-0.3, -0.25) is 4.79 Å². The molecule has 0 amide bonds. The maximum absolute atomic E-state index is 10.5. The zero-order chi connectivity index (χ0) is 8.69. The fourth-order valence-electron chi connectivity index (χ4n) is 0.987. The van der Waals surface area contributed by atoms with E-state index in [2.05, 4.69) is 22.6 Å². The molecule has 0 aliphatic rings. The molecule has 0 aliphatic heterocycles. The monoisotopic (exact) mass is 270 g/mol. The van der Waals surface area contributed by atoms with Crippen molar-refractivity contribution < 1.29 is 9.90 Å². The van der Waals surface area contributed by atoms with Gasteiger partial charge in [0.05, 0.1) is 5.92 Å². The van der Waals surface area contributed by atoms with E-state index in [1.807, 2.05) is 6.92 Å². The number of carbonyl (C=O) groups is 1. The molecule has 11 heavy (non-hydrogen) atoms. The summed E-state index contributed by atoms with van der Waals surface area (Å²) in [5, 5.41) is 8.67. The van der Waals surface area contributed by atoms with Crippen molar-refractivity contribution in [2.24, 2.45) is 5.92 Å². The van der Waals surface area contributed by atoms with E-state index < -0.39 is 5.97 Å². The molecule has 0 spiro atoms. The molecule has 0 saturated heterocycles. The van der Waals surface area contributed by atoms with Gasteiger partial charge in [0.15, 0.2) is 0 Å². The molecular formula is C8H15IO2. The van der Waals surface area contributed by atoms with Crippen molar-refractivity contribution in [3.05, 3.63) is 0 Å². The van der Waals surface area contributed by atoms with Crippen molar-refractivity contribution in [3.63, 3.8) is 0 Å². The molecule has 0 saturated carbocycles. The molecule has 0 radical (unpaired) electrons. The average molecular weight is 270 g/mol. The van der Waals surface area contributed by atoms with Crippen molar-refractivity contribution in [3.8, 4) is 0 Å². The first kappa shape index (κ1) is 11.2. The van der Waals surface area contributed by atoms with Gasteiger partial charge in [-0.25, -0.2) is 0 Å². The van der Waals surface area contributed by atoms with Crippen LogP contribution in [0.4, 0.5) is 0 Å². The number of carboxylic acids is 1. The summed E-state index contributed by atoms with van der Waals surface area (Å²) in [4.78, 5) is 10.5. The van der Waals surface area contributed by atoms with Crippen molar-refractivity contribution in [1.29, 1.82) is 0 Å². The Morgan fingerprint density at radius 3 is 2.55 bits per heavy atom. The minimum atomic E-state index is -0.638. The van der Waals surface area contributed by atoms with E-state index in [1.54, 1.807) is 0 Å². The van der Waals surface area contributed by atoms with Crippen molar-refractivity contribution in [2.75, 3.05) is 4.43 Å². The van der Waals surface area contributed by atoms with Gasteiger partial charge < -0.3 is 5.11 Å². The molecule has 0 heterocycles. The summed E-state index contributed by atoms with van der Waals surface area (Å²) in [6.07, 6.45) is 3.80. The second-order valence-electron chi connectivity index (χ2n) is 2.63. The van der Waals surface area contributed by atoms with Crippen LogP contribution < -0.4 is 0 Å². The highest BCUT2D eigenvalue weighted by atomic mass is 127. The summed E-state index contributed by atoms with van der Waals surface area (Å²) < 4.78 is 1.13. The molecule has 0 bridgehead atoms. The van der Waals surface area contributed by atoms with E-state index in [0.29, 0.717) is 0 Å².